The molecule has 2 rings (SSSR count). The van der Waals surface area contributed by atoms with Crippen molar-refractivity contribution in [1.29, 1.82) is 0 Å². The van der Waals surface area contributed by atoms with Gasteiger partial charge in [-0.2, -0.15) is 0 Å². The van der Waals surface area contributed by atoms with Crippen LogP contribution in [0.15, 0.2) is 24.5 Å². The summed E-state index contributed by atoms with van der Waals surface area (Å²) in [5.41, 5.74) is 1.37. The molecule has 1 saturated heterocycles. The van der Waals surface area contributed by atoms with Gasteiger partial charge in [0.05, 0.1) is 5.33 Å². The first-order valence-electron chi connectivity index (χ1n) is 6.09. The second-order valence-electron chi connectivity index (χ2n) is 4.65. The molecule has 2 heterocycles. The zero-order valence-electron chi connectivity index (χ0n) is 9.90. The summed E-state index contributed by atoms with van der Waals surface area (Å²) in [5, 5.41) is 1.01. The summed E-state index contributed by atoms with van der Waals surface area (Å²) in [4.78, 5) is 2.50. The zero-order chi connectivity index (χ0) is 11.4. The maximum absolute atomic E-state index is 3.46. The second kappa shape index (κ2) is 5.67. The first kappa shape index (κ1) is 11.9. The molecule has 0 aliphatic carbocycles. The topological polar surface area (TPSA) is 7.12 Å². The Morgan fingerprint density at radius 2 is 1.94 bits per heavy atom. The lowest BCUT2D eigenvalue weighted by molar-refractivity contribution is -0.692. The molecule has 0 atom stereocenters. The van der Waals surface area contributed by atoms with Crippen LogP contribution in [0.1, 0.15) is 19.8 Å². The molecule has 1 aromatic rings. The Morgan fingerprint density at radius 3 is 2.50 bits per heavy atom. The molecule has 0 bridgehead atoms. The number of hydrogen-bond donors (Lipinski definition) is 0. The van der Waals surface area contributed by atoms with E-state index in [0.717, 1.165) is 17.8 Å². The van der Waals surface area contributed by atoms with Gasteiger partial charge in [0.1, 0.15) is 0 Å². The van der Waals surface area contributed by atoms with Crippen molar-refractivity contribution in [2.24, 2.45) is 5.92 Å². The summed E-state index contributed by atoms with van der Waals surface area (Å²) in [6.45, 7) is 5.82. The van der Waals surface area contributed by atoms with Crippen LogP contribution in [-0.4, -0.2) is 18.4 Å². The van der Waals surface area contributed by atoms with E-state index in [-0.39, 0.29) is 0 Å². The van der Waals surface area contributed by atoms with Crippen LogP contribution in [0, 0.1) is 5.92 Å². The highest BCUT2D eigenvalue weighted by Crippen LogP contribution is 2.21. The van der Waals surface area contributed by atoms with Crippen molar-refractivity contribution >= 4 is 21.6 Å². The van der Waals surface area contributed by atoms with Crippen molar-refractivity contribution in [1.82, 2.24) is 0 Å². The average Bonchev–Trinajstić information content (AvgIpc) is 2.32. The molecule has 2 nitrogen and oxygen atoms in total. The molecule has 1 aliphatic rings. The fourth-order valence-corrected chi connectivity index (χ4v) is 2.58. The summed E-state index contributed by atoms with van der Waals surface area (Å²) in [7, 11) is 0. The number of hydrogen-bond acceptors (Lipinski definition) is 1. The van der Waals surface area contributed by atoms with Crippen LogP contribution in [-0.2, 0) is 6.54 Å². The van der Waals surface area contributed by atoms with Gasteiger partial charge in [-0.1, -0.05) is 22.9 Å². The van der Waals surface area contributed by atoms with Crippen molar-refractivity contribution in [3.05, 3.63) is 24.5 Å². The SMILES string of the molecule is CC1CCN(c2cc[n+](CCBr)cc2)CC1. The van der Waals surface area contributed by atoms with E-state index in [4.69, 9.17) is 0 Å². The van der Waals surface area contributed by atoms with E-state index in [1.807, 2.05) is 0 Å². The number of nitrogens with zero attached hydrogens (tertiary/aromatic N) is 2. The van der Waals surface area contributed by atoms with E-state index < -0.39 is 0 Å². The van der Waals surface area contributed by atoms with Gasteiger partial charge in [0.25, 0.3) is 0 Å². The Morgan fingerprint density at radius 1 is 1.31 bits per heavy atom. The third kappa shape index (κ3) is 2.97. The highest BCUT2D eigenvalue weighted by Gasteiger charge is 2.16. The number of aryl methyl sites for hydroxylation is 1. The van der Waals surface area contributed by atoms with E-state index in [1.54, 1.807) is 0 Å². The zero-order valence-corrected chi connectivity index (χ0v) is 11.5. The van der Waals surface area contributed by atoms with E-state index in [1.165, 1.54) is 31.6 Å². The largest absolute Gasteiger partial charge is 0.371 e. The lowest BCUT2D eigenvalue weighted by Gasteiger charge is -2.31. The Labute approximate surface area is 106 Å². The van der Waals surface area contributed by atoms with E-state index >= 15 is 0 Å². The average molecular weight is 284 g/mol. The molecule has 0 unspecified atom stereocenters. The summed E-state index contributed by atoms with van der Waals surface area (Å²) < 4.78 is 2.21. The Balaban J connectivity index is 1.98. The highest BCUT2D eigenvalue weighted by atomic mass is 79.9. The van der Waals surface area contributed by atoms with Gasteiger partial charge in [-0.25, -0.2) is 4.57 Å². The molecule has 0 spiro atoms. The van der Waals surface area contributed by atoms with E-state index in [9.17, 15) is 0 Å². The lowest BCUT2D eigenvalue weighted by Crippen LogP contribution is -2.36. The molecular weight excluding hydrogens is 264 g/mol. The van der Waals surface area contributed by atoms with Gasteiger partial charge in [-0.3, -0.25) is 0 Å². The Bertz CT molecular complexity index is 315. The molecule has 16 heavy (non-hydrogen) atoms. The van der Waals surface area contributed by atoms with Crippen LogP contribution >= 0.6 is 15.9 Å². The van der Waals surface area contributed by atoms with E-state index in [2.05, 4.69) is 56.8 Å². The maximum Gasteiger partial charge on any atom is 0.170 e. The summed E-state index contributed by atoms with van der Waals surface area (Å²) in [5.74, 6) is 0.901. The number of anilines is 1. The predicted molar refractivity (Wildman–Crippen MR) is 71.0 cm³/mol. The first-order valence-corrected chi connectivity index (χ1v) is 7.22. The van der Waals surface area contributed by atoms with Gasteiger partial charge in [-0.05, 0) is 18.8 Å². The fourth-order valence-electron chi connectivity index (χ4n) is 2.17. The first-order chi connectivity index (χ1) is 7.79. The van der Waals surface area contributed by atoms with Gasteiger partial charge in [0, 0.05) is 30.9 Å². The van der Waals surface area contributed by atoms with Crippen molar-refractivity contribution in [2.45, 2.75) is 26.3 Å². The monoisotopic (exact) mass is 283 g/mol. The molecule has 0 aromatic carbocycles. The summed E-state index contributed by atoms with van der Waals surface area (Å²) >= 11 is 3.46. The van der Waals surface area contributed by atoms with Crippen molar-refractivity contribution in [3.8, 4) is 0 Å². The van der Waals surface area contributed by atoms with Gasteiger partial charge < -0.3 is 4.90 Å². The molecule has 0 radical (unpaired) electrons. The quantitative estimate of drug-likeness (QED) is 0.611. The number of pyridine rings is 1. The normalized spacial score (nSPS) is 17.8. The molecule has 0 amide bonds. The maximum atomic E-state index is 3.46. The number of rotatable bonds is 3. The predicted octanol–water partition coefficient (Wildman–Crippen LogP) is 2.61. The summed E-state index contributed by atoms with van der Waals surface area (Å²) in [6, 6.07) is 4.47. The van der Waals surface area contributed by atoms with Crippen LogP contribution in [0.3, 0.4) is 0 Å². The van der Waals surface area contributed by atoms with Crippen molar-refractivity contribution in [3.63, 3.8) is 0 Å². The van der Waals surface area contributed by atoms with Gasteiger partial charge in [0.15, 0.2) is 18.9 Å². The van der Waals surface area contributed by atoms with E-state index in [0.29, 0.717) is 0 Å². The molecule has 0 N–H and O–H groups in total. The van der Waals surface area contributed by atoms with Crippen LogP contribution in [0.4, 0.5) is 5.69 Å². The van der Waals surface area contributed by atoms with Gasteiger partial charge >= 0.3 is 0 Å². The standard InChI is InChI=1S/C13H20BrN2/c1-12-2-9-16(10-3-12)13-4-7-15(8-5-13)11-6-14/h4-5,7-8,12H,2-3,6,9-11H2,1H3/q+1. The van der Waals surface area contributed by atoms with Crippen LogP contribution in [0.5, 0.6) is 0 Å². The number of aromatic nitrogens is 1. The molecule has 1 aromatic heterocycles. The Hall–Kier alpha value is -0.570. The highest BCUT2D eigenvalue weighted by molar-refractivity contribution is 9.09. The molecular formula is C13H20BrN2+. The van der Waals surface area contributed by atoms with Crippen molar-refractivity contribution < 1.29 is 4.57 Å². The molecule has 88 valence electrons. The lowest BCUT2D eigenvalue weighted by atomic mass is 9.99. The summed E-state index contributed by atoms with van der Waals surface area (Å²) in [6.07, 6.45) is 7.01. The number of piperidine rings is 1. The third-order valence-electron chi connectivity index (χ3n) is 3.37. The number of alkyl halides is 1. The van der Waals surface area contributed by atoms with Crippen LogP contribution in [0.2, 0.25) is 0 Å². The molecule has 1 fully saturated rings. The minimum Gasteiger partial charge on any atom is -0.371 e. The van der Waals surface area contributed by atoms with Crippen molar-refractivity contribution in [2.75, 3.05) is 23.3 Å². The third-order valence-corrected chi connectivity index (χ3v) is 3.72. The minimum absolute atomic E-state index is 0.901. The van der Waals surface area contributed by atoms with Crippen LogP contribution < -0.4 is 9.47 Å². The Kier molecular flexibility index (Phi) is 4.22. The number of halogens is 1. The minimum atomic E-state index is 0.901. The van der Waals surface area contributed by atoms with Gasteiger partial charge in [-0.15, -0.1) is 0 Å². The molecule has 3 heteroatoms. The van der Waals surface area contributed by atoms with Gasteiger partial charge in [0.2, 0.25) is 0 Å². The fraction of sp³-hybridized carbons (Fsp3) is 0.615. The second-order valence-corrected chi connectivity index (χ2v) is 5.45. The smallest absolute Gasteiger partial charge is 0.170 e. The molecule has 0 saturated carbocycles. The van der Waals surface area contributed by atoms with Crippen LogP contribution in [0.25, 0.3) is 0 Å². The molecule has 1 aliphatic heterocycles.